The molecular weight excluding hydrogens is 396 g/mol. The van der Waals surface area contributed by atoms with Gasteiger partial charge in [-0.25, -0.2) is 0 Å². The highest BCUT2D eigenvalue weighted by molar-refractivity contribution is 5.25. The predicted molar refractivity (Wildman–Crippen MR) is 145 cm³/mol. The van der Waals surface area contributed by atoms with Gasteiger partial charge in [0.15, 0.2) is 0 Å². The summed E-state index contributed by atoms with van der Waals surface area (Å²) in [6, 6.07) is 0. The quantitative estimate of drug-likeness (QED) is 0.228. The molecular formula is C33H57. The standard InChI is InChI=1S/C33H57/c1-7-8-9-10-14-26-19-21-32(5)27(23-26)15-16-28-30-18-17-29(25(4)13-11-12-24(2)3)33(30,6)22-20-31(28)32/h15,24-26,28-31H,1,7-14,16-23H2,2-6H3/t25-,26?,28?,29-,30?,31?,32+,33-/m1/s1. The summed E-state index contributed by atoms with van der Waals surface area (Å²) in [7, 11) is 0. The Kier molecular flexibility index (Phi) is 8.44. The van der Waals surface area contributed by atoms with E-state index in [1.807, 2.05) is 5.57 Å². The molecule has 189 valence electrons. The fraction of sp³-hybridized carbons (Fsp3) is 0.909. The van der Waals surface area contributed by atoms with Crippen LogP contribution in [0.5, 0.6) is 0 Å². The highest BCUT2D eigenvalue weighted by Crippen LogP contribution is 2.67. The normalized spacial score (nSPS) is 41.3. The van der Waals surface area contributed by atoms with E-state index in [-0.39, 0.29) is 0 Å². The van der Waals surface area contributed by atoms with Crippen molar-refractivity contribution < 1.29 is 0 Å². The van der Waals surface area contributed by atoms with Crippen LogP contribution in [0.25, 0.3) is 0 Å². The number of unbranched alkanes of at least 4 members (excludes halogenated alkanes) is 3. The Hall–Kier alpha value is -0.260. The molecule has 3 fully saturated rings. The minimum absolute atomic E-state index is 0.537. The van der Waals surface area contributed by atoms with Gasteiger partial charge in [-0.2, -0.15) is 0 Å². The van der Waals surface area contributed by atoms with Crippen LogP contribution >= 0.6 is 0 Å². The molecule has 0 bridgehead atoms. The first-order valence-electron chi connectivity index (χ1n) is 15.3. The molecule has 4 rings (SSSR count). The van der Waals surface area contributed by atoms with E-state index in [0.717, 1.165) is 47.8 Å². The van der Waals surface area contributed by atoms with Crippen LogP contribution in [0, 0.1) is 59.2 Å². The summed E-state index contributed by atoms with van der Waals surface area (Å²) in [5.74, 6) is 6.73. The molecule has 3 saturated carbocycles. The van der Waals surface area contributed by atoms with Gasteiger partial charge in [0.2, 0.25) is 0 Å². The number of hydrogen-bond acceptors (Lipinski definition) is 0. The Morgan fingerprint density at radius 2 is 1.73 bits per heavy atom. The average molecular weight is 454 g/mol. The van der Waals surface area contributed by atoms with Crippen molar-refractivity contribution in [2.75, 3.05) is 0 Å². The molecule has 33 heavy (non-hydrogen) atoms. The molecule has 4 unspecified atom stereocenters. The van der Waals surface area contributed by atoms with Gasteiger partial charge in [0, 0.05) is 0 Å². The zero-order valence-corrected chi connectivity index (χ0v) is 23.1. The fourth-order valence-electron chi connectivity index (χ4n) is 9.79. The predicted octanol–water partition coefficient (Wildman–Crippen LogP) is 10.4. The lowest BCUT2D eigenvalue weighted by Gasteiger charge is -2.58. The van der Waals surface area contributed by atoms with Crippen molar-refractivity contribution in [2.45, 2.75) is 137 Å². The maximum Gasteiger partial charge on any atom is -0.00851 e. The van der Waals surface area contributed by atoms with Crippen molar-refractivity contribution in [1.82, 2.24) is 0 Å². The van der Waals surface area contributed by atoms with Crippen molar-refractivity contribution in [1.29, 1.82) is 0 Å². The third-order valence-corrected chi connectivity index (χ3v) is 11.8. The maximum absolute atomic E-state index is 4.02. The highest BCUT2D eigenvalue weighted by Gasteiger charge is 2.59. The molecule has 0 amide bonds. The van der Waals surface area contributed by atoms with Crippen molar-refractivity contribution in [3.05, 3.63) is 18.6 Å². The molecule has 0 aromatic carbocycles. The smallest absolute Gasteiger partial charge is 0.00851 e. The van der Waals surface area contributed by atoms with E-state index in [1.54, 1.807) is 0 Å². The molecule has 0 heterocycles. The molecule has 4 aliphatic carbocycles. The molecule has 0 heteroatoms. The summed E-state index contributed by atoms with van der Waals surface area (Å²) in [5, 5.41) is 0. The van der Waals surface area contributed by atoms with Crippen molar-refractivity contribution in [2.24, 2.45) is 52.3 Å². The molecule has 0 nitrogen and oxygen atoms in total. The van der Waals surface area contributed by atoms with Gasteiger partial charge in [0.05, 0.1) is 0 Å². The van der Waals surface area contributed by atoms with E-state index in [0.29, 0.717) is 10.8 Å². The Balaban J connectivity index is 1.40. The molecule has 1 radical (unpaired) electrons. The Morgan fingerprint density at radius 3 is 2.48 bits per heavy atom. The van der Waals surface area contributed by atoms with E-state index >= 15 is 0 Å². The van der Waals surface area contributed by atoms with Gasteiger partial charge >= 0.3 is 0 Å². The van der Waals surface area contributed by atoms with E-state index in [4.69, 9.17) is 0 Å². The third kappa shape index (κ3) is 5.16. The van der Waals surface area contributed by atoms with Gasteiger partial charge in [-0.15, -0.1) is 0 Å². The zero-order valence-electron chi connectivity index (χ0n) is 23.1. The van der Waals surface area contributed by atoms with Crippen LogP contribution in [-0.4, -0.2) is 0 Å². The second-order valence-corrected chi connectivity index (χ2v) is 14.1. The Morgan fingerprint density at radius 1 is 0.909 bits per heavy atom. The van der Waals surface area contributed by atoms with Gasteiger partial charge in [-0.1, -0.05) is 105 Å². The third-order valence-electron chi connectivity index (χ3n) is 11.8. The lowest BCUT2D eigenvalue weighted by atomic mass is 9.46. The molecule has 0 N–H and O–H groups in total. The monoisotopic (exact) mass is 453 g/mol. The lowest BCUT2D eigenvalue weighted by molar-refractivity contribution is -0.0529. The molecule has 0 aromatic heterocycles. The highest BCUT2D eigenvalue weighted by atomic mass is 14.6. The summed E-state index contributed by atoms with van der Waals surface area (Å²) in [6.07, 6.45) is 25.8. The van der Waals surface area contributed by atoms with Gasteiger partial charge in [0.1, 0.15) is 0 Å². The second-order valence-electron chi connectivity index (χ2n) is 14.1. The van der Waals surface area contributed by atoms with Gasteiger partial charge < -0.3 is 0 Å². The lowest BCUT2D eigenvalue weighted by Crippen LogP contribution is -2.50. The summed E-state index contributed by atoms with van der Waals surface area (Å²) in [5.41, 5.74) is 3.07. The number of hydrogen-bond donors (Lipinski definition) is 0. The maximum atomic E-state index is 4.02. The van der Waals surface area contributed by atoms with Crippen LogP contribution < -0.4 is 0 Å². The number of rotatable bonds is 10. The van der Waals surface area contributed by atoms with Crippen LogP contribution in [0.2, 0.25) is 0 Å². The summed E-state index contributed by atoms with van der Waals surface area (Å²) in [4.78, 5) is 0. The first kappa shape index (κ1) is 25.8. The molecule has 0 aliphatic heterocycles. The molecule has 0 saturated heterocycles. The van der Waals surface area contributed by atoms with E-state index in [1.165, 1.54) is 96.3 Å². The summed E-state index contributed by atoms with van der Waals surface area (Å²) >= 11 is 0. The van der Waals surface area contributed by atoms with E-state index in [9.17, 15) is 0 Å². The summed E-state index contributed by atoms with van der Waals surface area (Å²) in [6.45, 7) is 16.9. The summed E-state index contributed by atoms with van der Waals surface area (Å²) < 4.78 is 0. The second kappa shape index (κ2) is 10.8. The van der Waals surface area contributed by atoms with Gasteiger partial charge in [-0.05, 0) is 104 Å². The topological polar surface area (TPSA) is 0 Å². The Bertz CT molecular complexity index is 657. The molecule has 0 spiro atoms. The Labute approximate surface area is 208 Å². The van der Waals surface area contributed by atoms with Gasteiger partial charge in [0.25, 0.3) is 0 Å². The van der Waals surface area contributed by atoms with Crippen molar-refractivity contribution >= 4 is 0 Å². The first-order chi connectivity index (χ1) is 15.8. The van der Waals surface area contributed by atoms with Crippen LogP contribution in [0.1, 0.15) is 137 Å². The average Bonchev–Trinajstić information content (AvgIpc) is 3.14. The number of allylic oxidation sites excluding steroid dienone is 2. The SMILES string of the molecule is [CH2]CCCCCC1CC[C@@]2(C)C(=CCC3C2CC[C@@]2(C)C3CC[C@@H]2[C@H](C)CCCC(C)C)C1. The largest absolute Gasteiger partial charge is 0.0845 e. The van der Waals surface area contributed by atoms with E-state index in [2.05, 4.69) is 47.6 Å². The van der Waals surface area contributed by atoms with Crippen LogP contribution in [-0.2, 0) is 0 Å². The minimum Gasteiger partial charge on any atom is -0.0845 e. The van der Waals surface area contributed by atoms with Crippen molar-refractivity contribution in [3.8, 4) is 0 Å². The van der Waals surface area contributed by atoms with Crippen LogP contribution in [0.3, 0.4) is 0 Å². The van der Waals surface area contributed by atoms with Crippen molar-refractivity contribution in [3.63, 3.8) is 0 Å². The minimum atomic E-state index is 0.537. The number of fused-ring (bicyclic) bond motifs is 5. The van der Waals surface area contributed by atoms with Crippen LogP contribution in [0.15, 0.2) is 11.6 Å². The van der Waals surface area contributed by atoms with Crippen LogP contribution in [0.4, 0.5) is 0 Å². The first-order valence-corrected chi connectivity index (χ1v) is 15.3. The van der Waals surface area contributed by atoms with E-state index < -0.39 is 0 Å². The molecule has 4 aliphatic rings. The molecule has 0 aromatic rings. The fourth-order valence-corrected chi connectivity index (χ4v) is 9.79. The van der Waals surface area contributed by atoms with Gasteiger partial charge in [-0.3, -0.25) is 0 Å². The molecule has 8 atom stereocenters. The zero-order chi connectivity index (χ0) is 23.6.